The summed E-state index contributed by atoms with van der Waals surface area (Å²) in [4.78, 5) is 11.9. The Morgan fingerprint density at radius 2 is 2.21 bits per heavy atom. The number of nitrogens with one attached hydrogen (secondary N) is 1. The highest BCUT2D eigenvalue weighted by molar-refractivity contribution is 5.76. The number of rotatable bonds is 5. The number of carbonyl (C=O) groups excluding carboxylic acids is 1. The highest BCUT2D eigenvalue weighted by Crippen LogP contribution is 2.24. The van der Waals surface area contributed by atoms with E-state index >= 15 is 0 Å². The van der Waals surface area contributed by atoms with Gasteiger partial charge in [0.15, 0.2) is 0 Å². The predicted octanol–water partition coefficient (Wildman–Crippen LogP) is 1.77. The Kier molecular flexibility index (Phi) is 4.18. The summed E-state index contributed by atoms with van der Waals surface area (Å²) in [6, 6.07) is 9.33. The third-order valence-electron chi connectivity index (χ3n) is 2.85. The number of para-hydroxylation sites is 1. The first-order valence-corrected chi connectivity index (χ1v) is 6.10. The second kappa shape index (κ2) is 6.04. The molecule has 0 bridgehead atoms. The van der Waals surface area contributed by atoms with Crippen LogP contribution in [0.25, 0.3) is 0 Å². The minimum atomic E-state index is -0.112. The van der Waals surface area contributed by atoms with Gasteiger partial charge in [-0.3, -0.25) is 9.48 Å². The molecule has 100 valence electrons. The molecule has 0 saturated heterocycles. The summed E-state index contributed by atoms with van der Waals surface area (Å²) in [6.07, 6.45) is 3.41. The zero-order valence-electron chi connectivity index (χ0n) is 11.0. The van der Waals surface area contributed by atoms with Gasteiger partial charge in [-0.2, -0.15) is 5.10 Å². The first kappa shape index (κ1) is 13.1. The molecule has 0 spiro atoms. The predicted molar refractivity (Wildman–Crippen MR) is 71.8 cm³/mol. The topological polar surface area (TPSA) is 56.1 Å². The number of carbonyl (C=O) groups is 1. The van der Waals surface area contributed by atoms with E-state index < -0.39 is 0 Å². The molecule has 1 aromatic carbocycles. The van der Waals surface area contributed by atoms with Crippen molar-refractivity contribution in [2.75, 3.05) is 7.11 Å². The highest BCUT2D eigenvalue weighted by atomic mass is 16.5. The van der Waals surface area contributed by atoms with Crippen molar-refractivity contribution in [1.82, 2.24) is 15.1 Å². The molecule has 0 radical (unpaired) electrons. The normalized spacial score (nSPS) is 11.9. The molecule has 1 amide bonds. The highest BCUT2D eigenvalue weighted by Gasteiger charge is 2.13. The summed E-state index contributed by atoms with van der Waals surface area (Å²) in [7, 11) is 1.62. The zero-order chi connectivity index (χ0) is 13.7. The molecule has 1 heterocycles. The van der Waals surface area contributed by atoms with Gasteiger partial charge in [0.1, 0.15) is 12.3 Å². The lowest BCUT2D eigenvalue weighted by molar-refractivity contribution is -0.122. The molecule has 1 atom stereocenters. The Hall–Kier alpha value is -2.30. The van der Waals surface area contributed by atoms with Gasteiger partial charge in [-0.25, -0.2) is 0 Å². The number of aromatic nitrogens is 2. The molecule has 0 fully saturated rings. The molecule has 0 aliphatic rings. The molecule has 0 saturated carbocycles. The van der Waals surface area contributed by atoms with Crippen molar-refractivity contribution >= 4 is 5.91 Å². The van der Waals surface area contributed by atoms with E-state index in [0.29, 0.717) is 0 Å². The van der Waals surface area contributed by atoms with E-state index in [-0.39, 0.29) is 18.5 Å². The fraction of sp³-hybridized carbons (Fsp3) is 0.286. The van der Waals surface area contributed by atoms with Crippen LogP contribution < -0.4 is 10.1 Å². The fourth-order valence-electron chi connectivity index (χ4n) is 1.93. The van der Waals surface area contributed by atoms with Crippen molar-refractivity contribution in [3.05, 3.63) is 48.3 Å². The summed E-state index contributed by atoms with van der Waals surface area (Å²) < 4.78 is 6.87. The van der Waals surface area contributed by atoms with Crippen molar-refractivity contribution in [1.29, 1.82) is 0 Å². The number of benzene rings is 1. The molecule has 0 aliphatic carbocycles. The maximum absolute atomic E-state index is 11.9. The molecule has 5 heteroatoms. The summed E-state index contributed by atoms with van der Waals surface area (Å²) in [5.41, 5.74) is 0.957. The SMILES string of the molecule is COc1ccccc1[C@@H](C)NC(=O)Cn1cccn1. The lowest BCUT2D eigenvalue weighted by Gasteiger charge is -2.17. The summed E-state index contributed by atoms with van der Waals surface area (Å²) in [5, 5.41) is 6.93. The van der Waals surface area contributed by atoms with Crippen LogP contribution >= 0.6 is 0 Å². The van der Waals surface area contributed by atoms with Gasteiger partial charge < -0.3 is 10.1 Å². The molecule has 0 unspecified atom stereocenters. The molecule has 19 heavy (non-hydrogen) atoms. The van der Waals surface area contributed by atoms with Crippen molar-refractivity contribution in [2.45, 2.75) is 19.5 Å². The van der Waals surface area contributed by atoms with E-state index in [1.54, 1.807) is 30.3 Å². The van der Waals surface area contributed by atoms with Gasteiger partial charge in [0.2, 0.25) is 5.91 Å². The molecule has 0 aliphatic heterocycles. The van der Waals surface area contributed by atoms with E-state index in [2.05, 4.69) is 10.4 Å². The fourth-order valence-corrected chi connectivity index (χ4v) is 1.93. The first-order valence-electron chi connectivity index (χ1n) is 6.10. The van der Waals surface area contributed by atoms with Gasteiger partial charge >= 0.3 is 0 Å². The van der Waals surface area contributed by atoms with Gasteiger partial charge in [0, 0.05) is 18.0 Å². The van der Waals surface area contributed by atoms with Crippen LogP contribution in [0.15, 0.2) is 42.7 Å². The van der Waals surface area contributed by atoms with E-state index in [1.165, 1.54) is 0 Å². The van der Waals surface area contributed by atoms with E-state index in [0.717, 1.165) is 11.3 Å². The molecule has 5 nitrogen and oxygen atoms in total. The van der Waals surface area contributed by atoms with Crippen LogP contribution in [0.4, 0.5) is 0 Å². The Labute approximate surface area is 112 Å². The molecule has 1 N–H and O–H groups in total. The van der Waals surface area contributed by atoms with Crippen LogP contribution in [0.2, 0.25) is 0 Å². The smallest absolute Gasteiger partial charge is 0.242 e. The number of hydrogen-bond donors (Lipinski definition) is 1. The summed E-state index contributed by atoms with van der Waals surface area (Å²) in [6.45, 7) is 2.14. The van der Waals surface area contributed by atoms with Crippen LogP contribution in [0, 0.1) is 0 Å². The van der Waals surface area contributed by atoms with Crippen LogP contribution in [0.3, 0.4) is 0 Å². The molecule has 2 aromatic rings. The van der Waals surface area contributed by atoms with Gasteiger partial charge in [-0.05, 0) is 19.1 Å². The van der Waals surface area contributed by atoms with Crippen LogP contribution in [0.5, 0.6) is 5.75 Å². The Balaban J connectivity index is 2.00. The molecule has 1 aromatic heterocycles. The second-order valence-electron chi connectivity index (χ2n) is 4.23. The quantitative estimate of drug-likeness (QED) is 0.890. The molecular weight excluding hydrogens is 242 g/mol. The monoisotopic (exact) mass is 259 g/mol. The Morgan fingerprint density at radius 3 is 2.89 bits per heavy atom. The van der Waals surface area contributed by atoms with Gasteiger partial charge in [0.05, 0.1) is 13.2 Å². The van der Waals surface area contributed by atoms with Gasteiger partial charge in [-0.1, -0.05) is 18.2 Å². The second-order valence-corrected chi connectivity index (χ2v) is 4.23. The maximum atomic E-state index is 11.9. The number of amides is 1. The van der Waals surface area contributed by atoms with Crippen molar-refractivity contribution in [2.24, 2.45) is 0 Å². The maximum Gasteiger partial charge on any atom is 0.242 e. The van der Waals surface area contributed by atoms with Gasteiger partial charge in [-0.15, -0.1) is 0 Å². The first-order chi connectivity index (χ1) is 9.20. The lowest BCUT2D eigenvalue weighted by atomic mass is 10.1. The Bertz CT molecular complexity index is 537. The average molecular weight is 259 g/mol. The summed E-state index contributed by atoms with van der Waals surface area (Å²) in [5.74, 6) is 0.691. The third-order valence-corrected chi connectivity index (χ3v) is 2.85. The Morgan fingerprint density at radius 1 is 1.42 bits per heavy atom. The van der Waals surface area contributed by atoms with Crippen LogP contribution in [-0.2, 0) is 11.3 Å². The summed E-state index contributed by atoms with van der Waals surface area (Å²) >= 11 is 0. The van der Waals surface area contributed by atoms with Crippen molar-refractivity contribution < 1.29 is 9.53 Å². The minimum absolute atomic E-state index is 0.0814. The zero-order valence-corrected chi connectivity index (χ0v) is 11.0. The van der Waals surface area contributed by atoms with E-state index in [1.807, 2.05) is 31.2 Å². The number of methoxy groups -OCH3 is 1. The van der Waals surface area contributed by atoms with Crippen molar-refractivity contribution in [3.8, 4) is 5.75 Å². The lowest BCUT2D eigenvalue weighted by Crippen LogP contribution is -2.30. The largest absolute Gasteiger partial charge is 0.496 e. The number of ether oxygens (including phenoxy) is 1. The molecule has 2 rings (SSSR count). The number of hydrogen-bond acceptors (Lipinski definition) is 3. The van der Waals surface area contributed by atoms with Gasteiger partial charge in [0.25, 0.3) is 0 Å². The van der Waals surface area contributed by atoms with Crippen LogP contribution in [0.1, 0.15) is 18.5 Å². The standard InChI is InChI=1S/C14H17N3O2/c1-11(12-6-3-4-7-13(12)19-2)16-14(18)10-17-9-5-8-15-17/h3-9,11H,10H2,1-2H3,(H,16,18)/t11-/m1/s1. The average Bonchev–Trinajstić information content (AvgIpc) is 2.91. The van der Waals surface area contributed by atoms with E-state index in [4.69, 9.17) is 4.74 Å². The van der Waals surface area contributed by atoms with Crippen LogP contribution in [-0.4, -0.2) is 22.8 Å². The minimum Gasteiger partial charge on any atom is -0.496 e. The number of nitrogens with zero attached hydrogens (tertiary/aromatic N) is 2. The van der Waals surface area contributed by atoms with E-state index in [9.17, 15) is 4.79 Å². The third kappa shape index (κ3) is 3.34. The molecular formula is C14H17N3O2. The van der Waals surface area contributed by atoms with Crippen molar-refractivity contribution in [3.63, 3.8) is 0 Å².